The highest BCUT2D eigenvalue weighted by Gasteiger charge is 2.20. The Kier molecular flexibility index (Phi) is 5.00. The predicted octanol–water partition coefficient (Wildman–Crippen LogP) is 2.89. The molecule has 124 valence electrons. The van der Waals surface area contributed by atoms with Crippen LogP contribution >= 0.6 is 11.3 Å². The van der Waals surface area contributed by atoms with Crippen molar-refractivity contribution in [2.24, 2.45) is 5.92 Å². The maximum Gasteiger partial charge on any atom is 0.263 e. The molecule has 0 aliphatic heterocycles. The number of amides is 1. The summed E-state index contributed by atoms with van der Waals surface area (Å²) < 4.78 is 1.50. The zero-order valence-corrected chi connectivity index (χ0v) is 14.4. The standard InChI is InChI=1S/C17H19N5OS/c1-12(2)14(13-6-4-3-5-7-13)10-18-17(23)16-15(8-9-24-16)22-11-19-20-21-22/h3-9,11-12,14H,10H2,1-2H3,(H,18,23). The summed E-state index contributed by atoms with van der Waals surface area (Å²) in [6.45, 7) is 4.93. The molecule has 1 atom stereocenters. The first kappa shape index (κ1) is 16.3. The molecule has 1 unspecified atom stereocenters. The van der Waals surface area contributed by atoms with Gasteiger partial charge in [0.2, 0.25) is 0 Å². The number of benzene rings is 1. The van der Waals surface area contributed by atoms with E-state index in [0.29, 0.717) is 23.0 Å². The van der Waals surface area contributed by atoms with Gasteiger partial charge in [-0.25, -0.2) is 0 Å². The number of thiophene rings is 1. The number of carbonyl (C=O) groups is 1. The number of nitrogens with zero attached hydrogens (tertiary/aromatic N) is 4. The first-order valence-corrected chi connectivity index (χ1v) is 8.68. The number of tetrazole rings is 1. The van der Waals surface area contributed by atoms with Crippen molar-refractivity contribution in [2.45, 2.75) is 19.8 Å². The van der Waals surface area contributed by atoms with Crippen LogP contribution in [0.5, 0.6) is 0 Å². The first-order chi connectivity index (χ1) is 11.7. The average molecular weight is 341 g/mol. The van der Waals surface area contributed by atoms with Crippen LogP contribution in [0.1, 0.15) is 35.0 Å². The first-order valence-electron chi connectivity index (χ1n) is 7.81. The normalized spacial score (nSPS) is 12.3. The summed E-state index contributed by atoms with van der Waals surface area (Å²) in [5.41, 5.74) is 1.93. The third-order valence-electron chi connectivity index (χ3n) is 3.96. The summed E-state index contributed by atoms with van der Waals surface area (Å²) in [5, 5.41) is 16.0. The van der Waals surface area contributed by atoms with E-state index >= 15 is 0 Å². The fourth-order valence-corrected chi connectivity index (χ4v) is 3.44. The summed E-state index contributed by atoms with van der Waals surface area (Å²) >= 11 is 1.38. The zero-order chi connectivity index (χ0) is 16.9. The van der Waals surface area contributed by atoms with Gasteiger partial charge in [0.25, 0.3) is 5.91 Å². The second kappa shape index (κ2) is 7.35. The Morgan fingerprint density at radius 2 is 2.04 bits per heavy atom. The molecule has 1 aromatic carbocycles. The fraction of sp³-hybridized carbons (Fsp3) is 0.294. The predicted molar refractivity (Wildman–Crippen MR) is 93.4 cm³/mol. The second-order valence-corrected chi connectivity index (χ2v) is 6.78. The van der Waals surface area contributed by atoms with Crippen LogP contribution in [-0.4, -0.2) is 32.7 Å². The Bertz CT molecular complexity index is 782. The van der Waals surface area contributed by atoms with E-state index in [1.807, 2.05) is 29.6 Å². The molecule has 0 saturated carbocycles. The average Bonchev–Trinajstić information content (AvgIpc) is 3.26. The van der Waals surface area contributed by atoms with E-state index in [0.717, 1.165) is 0 Å². The number of rotatable bonds is 6. The van der Waals surface area contributed by atoms with Crippen LogP contribution in [0, 0.1) is 5.92 Å². The lowest BCUT2D eigenvalue weighted by atomic mass is 9.88. The van der Waals surface area contributed by atoms with Gasteiger partial charge in [0.05, 0.1) is 5.69 Å². The highest BCUT2D eigenvalue weighted by atomic mass is 32.1. The minimum Gasteiger partial charge on any atom is -0.351 e. The van der Waals surface area contributed by atoms with E-state index in [9.17, 15) is 4.79 Å². The highest BCUT2D eigenvalue weighted by molar-refractivity contribution is 7.12. The van der Waals surface area contributed by atoms with Gasteiger partial charge >= 0.3 is 0 Å². The van der Waals surface area contributed by atoms with Crippen LogP contribution in [0.4, 0.5) is 0 Å². The van der Waals surface area contributed by atoms with Gasteiger partial charge < -0.3 is 5.32 Å². The SMILES string of the molecule is CC(C)C(CNC(=O)c1sccc1-n1cnnn1)c1ccccc1. The van der Waals surface area contributed by atoms with Gasteiger partial charge in [-0.3, -0.25) is 4.79 Å². The molecule has 2 heterocycles. The molecule has 0 fully saturated rings. The third kappa shape index (κ3) is 3.51. The number of hydrogen-bond acceptors (Lipinski definition) is 5. The molecule has 6 nitrogen and oxygen atoms in total. The topological polar surface area (TPSA) is 72.7 Å². The van der Waals surface area contributed by atoms with E-state index in [2.05, 4.69) is 46.8 Å². The Balaban J connectivity index is 1.72. The van der Waals surface area contributed by atoms with E-state index in [1.54, 1.807) is 0 Å². The van der Waals surface area contributed by atoms with Crippen LogP contribution in [0.2, 0.25) is 0 Å². The van der Waals surface area contributed by atoms with Gasteiger partial charge in [0.15, 0.2) is 0 Å². The fourth-order valence-electron chi connectivity index (χ4n) is 2.65. The Hall–Kier alpha value is -2.54. The van der Waals surface area contributed by atoms with Gasteiger partial charge in [-0.1, -0.05) is 44.2 Å². The van der Waals surface area contributed by atoms with Crippen LogP contribution in [-0.2, 0) is 0 Å². The Labute approximate surface area is 144 Å². The number of aromatic nitrogens is 4. The molecule has 1 amide bonds. The van der Waals surface area contributed by atoms with E-state index in [1.165, 1.54) is 27.9 Å². The monoisotopic (exact) mass is 341 g/mol. The molecule has 24 heavy (non-hydrogen) atoms. The summed E-state index contributed by atoms with van der Waals surface area (Å²) in [5.74, 6) is 0.596. The van der Waals surface area contributed by atoms with Crippen molar-refractivity contribution in [3.05, 3.63) is 58.5 Å². The molecule has 3 aromatic rings. The summed E-state index contributed by atoms with van der Waals surface area (Å²) in [7, 11) is 0. The van der Waals surface area contributed by atoms with Crippen LogP contribution in [0.15, 0.2) is 48.1 Å². The highest BCUT2D eigenvalue weighted by Crippen LogP contribution is 2.24. The molecule has 0 aliphatic rings. The van der Waals surface area contributed by atoms with Gasteiger partial charge in [-0.05, 0) is 33.4 Å². The quantitative estimate of drug-likeness (QED) is 0.748. The molecular formula is C17H19N5OS. The molecule has 0 spiro atoms. The van der Waals surface area contributed by atoms with Crippen molar-refractivity contribution >= 4 is 17.2 Å². The van der Waals surface area contributed by atoms with E-state index in [-0.39, 0.29) is 11.8 Å². The van der Waals surface area contributed by atoms with Gasteiger partial charge in [-0.2, -0.15) is 4.68 Å². The lowest BCUT2D eigenvalue weighted by Crippen LogP contribution is -2.30. The molecule has 3 rings (SSSR count). The van der Waals surface area contributed by atoms with E-state index in [4.69, 9.17) is 0 Å². The van der Waals surface area contributed by atoms with Crippen molar-refractivity contribution < 1.29 is 4.79 Å². The number of carbonyl (C=O) groups excluding carboxylic acids is 1. The number of hydrogen-bond donors (Lipinski definition) is 1. The summed E-state index contributed by atoms with van der Waals surface area (Å²) in [4.78, 5) is 13.2. The lowest BCUT2D eigenvalue weighted by molar-refractivity contribution is 0.0953. The van der Waals surface area contributed by atoms with Gasteiger partial charge in [0.1, 0.15) is 11.2 Å². The maximum atomic E-state index is 12.6. The molecule has 0 radical (unpaired) electrons. The van der Waals surface area contributed by atoms with Crippen molar-refractivity contribution in [1.29, 1.82) is 0 Å². The van der Waals surface area contributed by atoms with Gasteiger partial charge in [0, 0.05) is 12.5 Å². The molecule has 0 saturated heterocycles. The van der Waals surface area contributed by atoms with E-state index < -0.39 is 0 Å². The molecule has 0 bridgehead atoms. The summed E-state index contributed by atoms with van der Waals surface area (Å²) in [6, 6.07) is 12.1. The zero-order valence-electron chi connectivity index (χ0n) is 13.6. The van der Waals surface area contributed by atoms with Gasteiger partial charge in [-0.15, -0.1) is 16.4 Å². The minimum absolute atomic E-state index is 0.0999. The summed E-state index contributed by atoms with van der Waals surface area (Å²) in [6.07, 6.45) is 1.49. The van der Waals surface area contributed by atoms with Crippen LogP contribution < -0.4 is 5.32 Å². The van der Waals surface area contributed by atoms with Crippen molar-refractivity contribution in [3.63, 3.8) is 0 Å². The maximum absolute atomic E-state index is 12.6. The molecule has 1 N–H and O–H groups in total. The van der Waals surface area contributed by atoms with Crippen molar-refractivity contribution in [2.75, 3.05) is 6.54 Å². The smallest absolute Gasteiger partial charge is 0.263 e. The largest absolute Gasteiger partial charge is 0.351 e. The van der Waals surface area contributed by atoms with Crippen molar-refractivity contribution in [1.82, 2.24) is 25.5 Å². The third-order valence-corrected chi connectivity index (χ3v) is 4.86. The van der Waals surface area contributed by atoms with Crippen LogP contribution in [0.3, 0.4) is 0 Å². The Morgan fingerprint density at radius 3 is 2.71 bits per heavy atom. The molecule has 7 heteroatoms. The Morgan fingerprint density at radius 1 is 1.25 bits per heavy atom. The minimum atomic E-state index is -0.0999. The molecule has 2 aromatic heterocycles. The number of nitrogens with one attached hydrogen (secondary N) is 1. The second-order valence-electron chi connectivity index (χ2n) is 5.86. The molecule has 0 aliphatic carbocycles. The van der Waals surface area contributed by atoms with Crippen molar-refractivity contribution in [3.8, 4) is 5.69 Å². The van der Waals surface area contributed by atoms with Crippen LogP contribution in [0.25, 0.3) is 5.69 Å². The molecular weight excluding hydrogens is 322 g/mol. The lowest BCUT2D eigenvalue weighted by Gasteiger charge is -2.21.